The molecule has 0 aromatic carbocycles. The average Bonchev–Trinajstić information content (AvgIpc) is 2.36. The third-order valence-electron chi connectivity index (χ3n) is 3.10. The van der Waals surface area contributed by atoms with E-state index in [4.69, 9.17) is 4.74 Å². The van der Waals surface area contributed by atoms with Gasteiger partial charge >= 0.3 is 5.97 Å². The van der Waals surface area contributed by atoms with Gasteiger partial charge in [0.05, 0.1) is 6.61 Å². The predicted octanol–water partition coefficient (Wildman–Crippen LogP) is 1.21. The van der Waals surface area contributed by atoms with Gasteiger partial charge in [-0.3, -0.25) is 4.79 Å². The first-order chi connectivity index (χ1) is 4.62. The minimum Gasteiger partial charge on any atom is -0.465 e. The summed E-state index contributed by atoms with van der Waals surface area (Å²) in [6.45, 7) is 5.09. The highest BCUT2D eigenvalue weighted by Gasteiger charge is 2.60. The normalized spacial score (nSPS) is 42.0. The number of cyclic esters (lactones) is 1. The van der Waals surface area contributed by atoms with Crippen LogP contribution in [0.4, 0.5) is 0 Å². The Bertz CT molecular complexity index is 184. The van der Waals surface area contributed by atoms with Gasteiger partial charge in [-0.15, -0.1) is 0 Å². The van der Waals surface area contributed by atoms with Crippen molar-refractivity contribution in [3.05, 3.63) is 0 Å². The molecular weight excluding hydrogens is 128 g/mol. The topological polar surface area (TPSA) is 26.3 Å². The lowest BCUT2D eigenvalue weighted by Crippen LogP contribution is -2.14. The Morgan fingerprint density at radius 3 is 2.70 bits per heavy atom. The molecule has 1 aliphatic carbocycles. The first-order valence-electron chi connectivity index (χ1n) is 3.78. The number of fused-ring (bicyclic) bond motifs is 1. The van der Waals surface area contributed by atoms with E-state index < -0.39 is 0 Å². The zero-order chi connectivity index (χ0) is 7.35. The zero-order valence-electron chi connectivity index (χ0n) is 6.39. The molecule has 1 aliphatic heterocycles. The summed E-state index contributed by atoms with van der Waals surface area (Å²) in [4.78, 5) is 10.8. The van der Waals surface area contributed by atoms with Crippen LogP contribution in [0.5, 0.6) is 0 Å². The molecule has 0 N–H and O–H groups in total. The van der Waals surface area contributed by atoms with E-state index in [0.29, 0.717) is 30.3 Å². The fourth-order valence-corrected chi connectivity index (χ4v) is 2.01. The van der Waals surface area contributed by atoms with Gasteiger partial charge in [-0.25, -0.2) is 0 Å². The van der Waals surface area contributed by atoms with Crippen LogP contribution in [-0.4, -0.2) is 12.6 Å². The Morgan fingerprint density at radius 2 is 2.20 bits per heavy atom. The van der Waals surface area contributed by atoms with Crippen molar-refractivity contribution in [2.75, 3.05) is 6.61 Å². The number of ether oxygens (including phenoxy) is 1. The molecule has 10 heavy (non-hydrogen) atoms. The van der Waals surface area contributed by atoms with Crippen molar-refractivity contribution in [3.63, 3.8) is 0 Å². The minimum absolute atomic E-state index is 0.00757. The summed E-state index contributed by atoms with van der Waals surface area (Å²) >= 11 is 0. The number of rotatable bonds is 0. The second kappa shape index (κ2) is 1.55. The standard InChI is InChI=1S/C8H12O2/c1-8(2)5-3-7(9)10-4-6(5)8/h5-6H,3-4H2,1-2H3/t5-,6+/m1/s1. The first kappa shape index (κ1) is 6.20. The number of carbonyl (C=O) groups excluding carboxylic acids is 1. The van der Waals surface area contributed by atoms with Gasteiger partial charge in [0.2, 0.25) is 0 Å². The monoisotopic (exact) mass is 140 g/mol. The van der Waals surface area contributed by atoms with E-state index in [1.54, 1.807) is 0 Å². The lowest BCUT2D eigenvalue weighted by atomic mass is 10.1. The predicted molar refractivity (Wildman–Crippen MR) is 36.3 cm³/mol. The third kappa shape index (κ3) is 0.619. The van der Waals surface area contributed by atoms with Crippen LogP contribution >= 0.6 is 0 Å². The molecule has 0 aromatic rings. The maximum Gasteiger partial charge on any atom is 0.306 e. The smallest absolute Gasteiger partial charge is 0.306 e. The van der Waals surface area contributed by atoms with Crippen molar-refractivity contribution < 1.29 is 9.53 Å². The Hall–Kier alpha value is -0.530. The number of carbonyl (C=O) groups is 1. The van der Waals surface area contributed by atoms with Crippen LogP contribution in [0.15, 0.2) is 0 Å². The van der Waals surface area contributed by atoms with Crippen LogP contribution in [0, 0.1) is 17.3 Å². The SMILES string of the molecule is CC1(C)[C@@H]2CC(=O)OC[C@@H]21. The average molecular weight is 140 g/mol. The molecule has 0 bridgehead atoms. The minimum atomic E-state index is -0.00757. The molecule has 2 atom stereocenters. The molecule has 2 heteroatoms. The maximum atomic E-state index is 10.8. The molecule has 0 unspecified atom stereocenters. The molecule has 2 nitrogen and oxygen atoms in total. The molecule has 0 amide bonds. The molecule has 2 fully saturated rings. The van der Waals surface area contributed by atoms with E-state index in [1.807, 2.05) is 0 Å². The van der Waals surface area contributed by atoms with Crippen molar-refractivity contribution in [2.24, 2.45) is 17.3 Å². The van der Waals surface area contributed by atoms with Gasteiger partial charge in [0.15, 0.2) is 0 Å². The highest BCUT2D eigenvalue weighted by Crippen LogP contribution is 2.61. The number of esters is 1. The molecule has 0 spiro atoms. The van der Waals surface area contributed by atoms with E-state index >= 15 is 0 Å². The molecule has 0 radical (unpaired) electrons. The van der Waals surface area contributed by atoms with E-state index in [9.17, 15) is 4.79 Å². The van der Waals surface area contributed by atoms with Crippen LogP contribution in [-0.2, 0) is 9.53 Å². The summed E-state index contributed by atoms with van der Waals surface area (Å²) < 4.78 is 4.93. The molecule has 0 aromatic heterocycles. The highest BCUT2D eigenvalue weighted by molar-refractivity contribution is 5.71. The molecule has 2 aliphatic rings. The van der Waals surface area contributed by atoms with Gasteiger partial charge in [0.1, 0.15) is 0 Å². The molecule has 1 saturated heterocycles. The Kier molecular flexibility index (Phi) is 0.960. The van der Waals surface area contributed by atoms with Gasteiger partial charge in [-0.1, -0.05) is 13.8 Å². The van der Waals surface area contributed by atoms with Crippen molar-refractivity contribution in [3.8, 4) is 0 Å². The van der Waals surface area contributed by atoms with Crippen molar-refractivity contribution in [1.29, 1.82) is 0 Å². The quantitative estimate of drug-likeness (QED) is 0.473. The second-order valence-electron chi connectivity index (χ2n) is 3.92. The van der Waals surface area contributed by atoms with Gasteiger partial charge in [0.25, 0.3) is 0 Å². The lowest BCUT2D eigenvalue weighted by molar-refractivity contribution is -0.147. The van der Waals surface area contributed by atoms with E-state index in [2.05, 4.69) is 13.8 Å². The van der Waals surface area contributed by atoms with Gasteiger partial charge in [0, 0.05) is 12.3 Å². The van der Waals surface area contributed by atoms with E-state index in [-0.39, 0.29) is 5.97 Å². The second-order valence-corrected chi connectivity index (χ2v) is 3.92. The molecule has 2 rings (SSSR count). The van der Waals surface area contributed by atoms with E-state index in [1.165, 1.54) is 0 Å². The van der Waals surface area contributed by atoms with Crippen molar-refractivity contribution >= 4 is 5.97 Å². The number of hydrogen-bond acceptors (Lipinski definition) is 2. The lowest BCUT2D eigenvalue weighted by Gasteiger charge is -2.07. The number of hydrogen-bond donors (Lipinski definition) is 0. The first-order valence-corrected chi connectivity index (χ1v) is 3.78. The summed E-state index contributed by atoms with van der Waals surface area (Å²) in [5.74, 6) is 1.27. The third-order valence-corrected chi connectivity index (χ3v) is 3.10. The summed E-state index contributed by atoms with van der Waals surface area (Å²) in [6, 6.07) is 0. The highest BCUT2D eigenvalue weighted by atomic mass is 16.5. The zero-order valence-corrected chi connectivity index (χ0v) is 6.39. The van der Waals surface area contributed by atoms with Crippen LogP contribution in [0.1, 0.15) is 20.3 Å². The molecule has 56 valence electrons. The largest absolute Gasteiger partial charge is 0.465 e. The molecule has 1 saturated carbocycles. The van der Waals surface area contributed by atoms with Crippen LogP contribution in [0.2, 0.25) is 0 Å². The fraction of sp³-hybridized carbons (Fsp3) is 0.875. The van der Waals surface area contributed by atoms with E-state index in [0.717, 1.165) is 0 Å². The van der Waals surface area contributed by atoms with Crippen LogP contribution in [0.3, 0.4) is 0 Å². The summed E-state index contributed by atoms with van der Waals surface area (Å²) in [7, 11) is 0. The molecule has 1 heterocycles. The summed E-state index contributed by atoms with van der Waals surface area (Å²) in [5, 5.41) is 0. The van der Waals surface area contributed by atoms with Gasteiger partial charge in [-0.05, 0) is 11.3 Å². The van der Waals surface area contributed by atoms with Crippen molar-refractivity contribution in [2.45, 2.75) is 20.3 Å². The van der Waals surface area contributed by atoms with Gasteiger partial charge in [-0.2, -0.15) is 0 Å². The Balaban J connectivity index is 2.10. The Labute approximate surface area is 60.6 Å². The van der Waals surface area contributed by atoms with Crippen molar-refractivity contribution in [1.82, 2.24) is 0 Å². The maximum absolute atomic E-state index is 10.8. The summed E-state index contributed by atoms with van der Waals surface area (Å²) in [5.41, 5.74) is 0.381. The van der Waals surface area contributed by atoms with Gasteiger partial charge < -0.3 is 4.74 Å². The Morgan fingerprint density at radius 1 is 1.50 bits per heavy atom. The molecular formula is C8H12O2. The fourth-order valence-electron chi connectivity index (χ4n) is 2.01. The summed E-state index contributed by atoms with van der Waals surface area (Å²) in [6.07, 6.45) is 0.650. The van der Waals surface area contributed by atoms with Crippen LogP contribution in [0.25, 0.3) is 0 Å². The van der Waals surface area contributed by atoms with Crippen LogP contribution < -0.4 is 0 Å².